The molecule has 2 atom stereocenters. The summed E-state index contributed by atoms with van der Waals surface area (Å²) in [6, 6.07) is 6.08. The normalized spacial score (nSPS) is 22.3. The first-order chi connectivity index (χ1) is 9.17. The number of benzene rings is 1. The van der Waals surface area contributed by atoms with Crippen LogP contribution in [0.2, 0.25) is 0 Å². The fourth-order valence-corrected chi connectivity index (χ4v) is 2.65. The Morgan fingerprint density at radius 3 is 2.89 bits per heavy atom. The van der Waals surface area contributed by atoms with E-state index in [2.05, 4.69) is 11.4 Å². The summed E-state index contributed by atoms with van der Waals surface area (Å²) in [5.41, 5.74) is 2.26. The number of carbonyl (C=O) groups excluding carboxylic acids is 1. The smallest absolute Gasteiger partial charge is 0.310 e. The van der Waals surface area contributed by atoms with E-state index in [1.165, 1.54) is 5.56 Å². The minimum Gasteiger partial charge on any atom is -0.496 e. The Morgan fingerprint density at radius 1 is 1.42 bits per heavy atom. The fraction of sp³-hybridized carbons (Fsp3) is 0.533. The first kappa shape index (κ1) is 13.9. The summed E-state index contributed by atoms with van der Waals surface area (Å²) >= 11 is 0. The molecule has 0 bridgehead atoms. The molecule has 1 aliphatic rings. The molecule has 2 rings (SSSR count). The van der Waals surface area contributed by atoms with Crippen molar-refractivity contribution in [1.29, 1.82) is 0 Å². The van der Waals surface area contributed by atoms with Crippen LogP contribution in [-0.4, -0.2) is 32.8 Å². The predicted octanol–water partition coefficient (Wildman–Crippen LogP) is 1.87. The summed E-state index contributed by atoms with van der Waals surface area (Å²) in [4.78, 5) is 12.0. The van der Waals surface area contributed by atoms with Gasteiger partial charge in [-0.15, -0.1) is 0 Å². The Morgan fingerprint density at radius 2 is 2.21 bits per heavy atom. The second-order valence-corrected chi connectivity index (χ2v) is 4.87. The molecule has 1 aliphatic heterocycles. The van der Waals surface area contributed by atoms with Crippen LogP contribution in [0.25, 0.3) is 0 Å². The molecule has 4 nitrogen and oxygen atoms in total. The fourth-order valence-electron chi connectivity index (χ4n) is 2.65. The van der Waals surface area contributed by atoms with Gasteiger partial charge in [-0.05, 0) is 25.5 Å². The van der Waals surface area contributed by atoms with Gasteiger partial charge in [0.2, 0.25) is 0 Å². The van der Waals surface area contributed by atoms with Gasteiger partial charge in [-0.1, -0.05) is 17.7 Å². The first-order valence-electron chi connectivity index (χ1n) is 6.69. The van der Waals surface area contributed by atoms with Gasteiger partial charge in [0.25, 0.3) is 0 Å². The molecule has 0 saturated carbocycles. The van der Waals surface area contributed by atoms with E-state index in [9.17, 15) is 4.79 Å². The topological polar surface area (TPSA) is 47.6 Å². The predicted molar refractivity (Wildman–Crippen MR) is 73.5 cm³/mol. The van der Waals surface area contributed by atoms with Crippen LogP contribution in [0, 0.1) is 12.8 Å². The average Bonchev–Trinajstić information content (AvgIpc) is 2.88. The standard InChI is InChI=1S/C15H21NO3/c1-4-19-15(17)13-9-16-8-12(13)11-7-10(2)5-6-14(11)18-3/h5-7,12-13,16H,4,8-9H2,1-3H3/t12-,13+/m0/s1. The third-order valence-electron chi connectivity index (χ3n) is 3.59. The molecular formula is C15H21NO3. The van der Waals surface area contributed by atoms with Crippen molar-refractivity contribution >= 4 is 5.97 Å². The van der Waals surface area contributed by atoms with Gasteiger partial charge in [0.05, 0.1) is 19.6 Å². The van der Waals surface area contributed by atoms with E-state index in [4.69, 9.17) is 9.47 Å². The number of rotatable bonds is 4. The molecule has 1 N–H and O–H groups in total. The van der Waals surface area contributed by atoms with Gasteiger partial charge >= 0.3 is 5.97 Å². The first-order valence-corrected chi connectivity index (χ1v) is 6.69. The highest BCUT2D eigenvalue weighted by molar-refractivity contribution is 5.75. The Hall–Kier alpha value is -1.55. The van der Waals surface area contributed by atoms with Crippen LogP contribution in [0.5, 0.6) is 5.75 Å². The lowest BCUT2D eigenvalue weighted by atomic mass is 9.87. The van der Waals surface area contributed by atoms with E-state index in [0.717, 1.165) is 17.9 Å². The zero-order valence-electron chi connectivity index (χ0n) is 11.7. The van der Waals surface area contributed by atoms with Crippen LogP contribution in [0.1, 0.15) is 24.0 Å². The average molecular weight is 263 g/mol. The maximum Gasteiger partial charge on any atom is 0.310 e. The van der Waals surface area contributed by atoms with E-state index in [-0.39, 0.29) is 17.8 Å². The number of hydrogen-bond donors (Lipinski definition) is 1. The molecule has 4 heteroatoms. The van der Waals surface area contributed by atoms with Gasteiger partial charge in [-0.25, -0.2) is 0 Å². The summed E-state index contributed by atoms with van der Waals surface area (Å²) in [6.07, 6.45) is 0. The Bertz CT molecular complexity index is 459. The lowest BCUT2D eigenvalue weighted by molar-refractivity contribution is -0.147. The highest BCUT2D eigenvalue weighted by Crippen LogP contribution is 2.35. The molecule has 0 spiro atoms. The van der Waals surface area contributed by atoms with Crippen LogP contribution < -0.4 is 10.1 Å². The molecule has 0 unspecified atom stereocenters. The van der Waals surface area contributed by atoms with Gasteiger partial charge in [-0.2, -0.15) is 0 Å². The van der Waals surface area contributed by atoms with E-state index >= 15 is 0 Å². The zero-order valence-corrected chi connectivity index (χ0v) is 11.7. The summed E-state index contributed by atoms with van der Waals surface area (Å²) in [6.45, 7) is 5.75. The molecule has 1 aromatic rings. The molecule has 0 aromatic heterocycles. The van der Waals surface area contributed by atoms with Gasteiger partial charge in [0.1, 0.15) is 5.75 Å². The quantitative estimate of drug-likeness (QED) is 0.842. The van der Waals surface area contributed by atoms with Gasteiger partial charge in [0, 0.05) is 19.0 Å². The minimum atomic E-state index is -0.129. The maximum absolute atomic E-state index is 12.0. The van der Waals surface area contributed by atoms with Crippen molar-refractivity contribution in [3.8, 4) is 5.75 Å². The second kappa shape index (κ2) is 6.06. The van der Waals surface area contributed by atoms with Crippen molar-refractivity contribution in [3.63, 3.8) is 0 Å². The number of aryl methyl sites for hydroxylation is 1. The van der Waals surface area contributed by atoms with Gasteiger partial charge in [0.15, 0.2) is 0 Å². The molecule has 19 heavy (non-hydrogen) atoms. The van der Waals surface area contributed by atoms with Crippen LogP contribution in [0.4, 0.5) is 0 Å². The Labute approximate surface area is 114 Å². The van der Waals surface area contributed by atoms with E-state index < -0.39 is 0 Å². The van der Waals surface area contributed by atoms with Crippen molar-refractivity contribution < 1.29 is 14.3 Å². The second-order valence-electron chi connectivity index (χ2n) is 4.87. The van der Waals surface area contributed by atoms with Gasteiger partial charge < -0.3 is 14.8 Å². The SMILES string of the molecule is CCOC(=O)[C@@H]1CNC[C@H]1c1cc(C)ccc1OC. The van der Waals surface area contributed by atoms with Crippen LogP contribution in [0.3, 0.4) is 0 Å². The number of carbonyl (C=O) groups is 1. The summed E-state index contributed by atoms with van der Waals surface area (Å²) in [5, 5.41) is 3.27. The van der Waals surface area contributed by atoms with Crippen molar-refractivity contribution in [3.05, 3.63) is 29.3 Å². The third-order valence-corrected chi connectivity index (χ3v) is 3.59. The number of nitrogens with one attached hydrogen (secondary N) is 1. The summed E-state index contributed by atoms with van der Waals surface area (Å²) in [5.74, 6) is 0.708. The number of esters is 1. The molecule has 0 radical (unpaired) electrons. The van der Waals surface area contributed by atoms with Crippen LogP contribution in [0.15, 0.2) is 18.2 Å². The van der Waals surface area contributed by atoms with E-state index in [1.807, 2.05) is 26.0 Å². The highest BCUT2D eigenvalue weighted by Gasteiger charge is 2.36. The number of hydrogen-bond acceptors (Lipinski definition) is 4. The maximum atomic E-state index is 12.0. The molecule has 0 amide bonds. The van der Waals surface area contributed by atoms with Gasteiger partial charge in [-0.3, -0.25) is 4.79 Å². The molecule has 1 saturated heterocycles. The van der Waals surface area contributed by atoms with Crippen molar-refractivity contribution in [2.24, 2.45) is 5.92 Å². The Balaban J connectivity index is 2.29. The van der Waals surface area contributed by atoms with Crippen molar-refractivity contribution in [1.82, 2.24) is 5.32 Å². The molecular weight excluding hydrogens is 242 g/mol. The van der Waals surface area contributed by atoms with E-state index in [1.54, 1.807) is 7.11 Å². The molecule has 1 heterocycles. The Kier molecular flexibility index (Phi) is 4.43. The number of ether oxygens (including phenoxy) is 2. The van der Waals surface area contributed by atoms with Crippen molar-refractivity contribution in [2.45, 2.75) is 19.8 Å². The molecule has 0 aliphatic carbocycles. The van der Waals surface area contributed by atoms with E-state index in [0.29, 0.717) is 13.2 Å². The lowest BCUT2D eigenvalue weighted by Gasteiger charge is -2.20. The summed E-state index contributed by atoms with van der Waals surface area (Å²) in [7, 11) is 1.66. The zero-order chi connectivity index (χ0) is 13.8. The highest BCUT2D eigenvalue weighted by atomic mass is 16.5. The van der Waals surface area contributed by atoms with Crippen LogP contribution >= 0.6 is 0 Å². The largest absolute Gasteiger partial charge is 0.496 e. The molecule has 1 fully saturated rings. The minimum absolute atomic E-state index is 0.119. The number of methoxy groups -OCH3 is 1. The third kappa shape index (κ3) is 2.89. The lowest BCUT2D eigenvalue weighted by Crippen LogP contribution is -2.24. The molecule has 104 valence electrons. The monoisotopic (exact) mass is 263 g/mol. The summed E-state index contributed by atoms with van der Waals surface area (Å²) < 4.78 is 10.6. The van der Waals surface area contributed by atoms with Crippen molar-refractivity contribution in [2.75, 3.05) is 26.8 Å². The molecule has 1 aromatic carbocycles. The van der Waals surface area contributed by atoms with Crippen LogP contribution in [-0.2, 0) is 9.53 Å².